The molecule has 0 bridgehead atoms. The van der Waals surface area contributed by atoms with Crippen molar-refractivity contribution in [1.29, 1.82) is 0 Å². The van der Waals surface area contributed by atoms with Gasteiger partial charge in [0.25, 0.3) is 0 Å². The highest BCUT2D eigenvalue weighted by molar-refractivity contribution is 5.14. The summed E-state index contributed by atoms with van der Waals surface area (Å²) >= 11 is 0. The van der Waals surface area contributed by atoms with Gasteiger partial charge in [-0.25, -0.2) is 0 Å². The fourth-order valence-corrected chi connectivity index (χ4v) is 3.59. The van der Waals surface area contributed by atoms with Crippen molar-refractivity contribution in [1.82, 2.24) is 19.6 Å². The van der Waals surface area contributed by atoms with Crippen molar-refractivity contribution in [2.75, 3.05) is 32.7 Å². The van der Waals surface area contributed by atoms with Crippen molar-refractivity contribution in [3.63, 3.8) is 0 Å². The summed E-state index contributed by atoms with van der Waals surface area (Å²) in [6, 6.07) is 13.5. The molecule has 2 aromatic rings. The standard InChI is InChI=1S/C20H30N4/c1-17-15-18(2)24(21-17)16-19(3)23-13-11-22(12-14-23)10-9-20-7-5-4-6-8-20/h4-8,15,19H,9-14,16H2,1-3H3. The van der Waals surface area contributed by atoms with Gasteiger partial charge < -0.3 is 4.90 Å². The molecular weight excluding hydrogens is 296 g/mol. The zero-order valence-corrected chi connectivity index (χ0v) is 15.3. The topological polar surface area (TPSA) is 24.3 Å². The van der Waals surface area contributed by atoms with Crippen LogP contribution in [0.4, 0.5) is 0 Å². The van der Waals surface area contributed by atoms with Gasteiger partial charge in [-0.3, -0.25) is 9.58 Å². The number of rotatable bonds is 6. The largest absolute Gasteiger partial charge is 0.300 e. The lowest BCUT2D eigenvalue weighted by atomic mass is 10.1. The number of piperazine rings is 1. The summed E-state index contributed by atoms with van der Waals surface area (Å²) in [4.78, 5) is 5.20. The molecule has 1 fully saturated rings. The van der Waals surface area contributed by atoms with E-state index in [1.165, 1.54) is 30.9 Å². The van der Waals surface area contributed by atoms with Gasteiger partial charge in [0.2, 0.25) is 0 Å². The van der Waals surface area contributed by atoms with E-state index in [2.05, 4.69) is 76.7 Å². The lowest BCUT2D eigenvalue weighted by Crippen LogP contribution is -2.50. The van der Waals surface area contributed by atoms with Crippen molar-refractivity contribution in [2.45, 2.75) is 39.8 Å². The van der Waals surface area contributed by atoms with E-state index in [1.54, 1.807) is 0 Å². The highest BCUT2D eigenvalue weighted by atomic mass is 15.3. The summed E-state index contributed by atoms with van der Waals surface area (Å²) in [5.41, 5.74) is 3.82. The molecule has 1 unspecified atom stereocenters. The van der Waals surface area contributed by atoms with Crippen molar-refractivity contribution in [3.8, 4) is 0 Å². The van der Waals surface area contributed by atoms with E-state index in [1.807, 2.05) is 0 Å². The third-order valence-corrected chi connectivity index (χ3v) is 5.13. The maximum absolute atomic E-state index is 4.60. The predicted octanol–water partition coefficient (Wildman–Crippen LogP) is 2.75. The summed E-state index contributed by atoms with van der Waals surface area (Å²) in [6.07, 6.45) is 1.15. The van der Waals surface area contributed by atoms with E-state index < -0.39 is 0 Å². The molecule has 1 aliphatic heterocycles. The Morgan fingerprint density at radius 1 is 1.04 bits per heavy atom. The van der Waals surface area contributed by atoms with Crippen LogP contribution < -0.4 is 0 Å². The monoisotopic (exact) mass is 326 g/mol. The molecule has 0 amide bonds. The maximum Gasteiger partial charge on any atom is 0.0596 e. The molecule has 1 saturated heterocycles. The summed E-state index contributed by atoms with van der Waals surface area (Å²) in [5.74, 6) is 0. The minimum atomic E-state index is 0.541. The summed E-state index contributed by atoms with van der Waals surface area (Å²) in [5, 5.41) is 4.60. The molecule has 0 N–H and O–H groups in total. The smallest absolute Gasteiger partial charge is 0.0596 e. The third kappa shape index (κ3) is 4.46. The second kappa shape index (κ2) is 7.95. The molecule has 0 spiro atoms. The number of aryl methyl sites for hydroxylation is 2. The summed E-state index contributed by atoms with van der Waals surface area (Å²) in [7, 11) is 0. The van der Waals surface area contributed by atoms with Gasteiger partial charge in [-0.15, -0.1) is 0 Å². The molecule has 3 rings (SSSR count). The van der Waals surface area contributed by atoms with Gasteiger partial charge in [0.1, 0.15) is 0 Å². The van der Waals surface area contributed by atoms with Crippen LogP contribution in [-0.4, -0.2) is 58.3 Å². The molecule has 1 aromatic carbocycles. The Hall–Kier alpha value is -1.65. The Balaban J connectivity index is 1.43. The highest BCUT2D eigenvalue weighted by Crippen LogP contribution is 2.11. The molecule has 2 heterocycles. The Labute approximate surface area is 146 Å². The van der Waals surface area contributed by atoms with Gasteiger partial charge in [-0.1, -0.05) is 30.3 Å². The first-order chi connectivity index (χ1) is 11.6. The van der Waals surface area contributed by atoms with E-state index in [-0.39, 0.29) is 0 Å². The van der Waals surface area contributed by atoms with E-state index >= 15 is 0 Å². The Bertz CT molecular complexity index is 626. The summed E-state index contributed by atoms with van der Waals surface area (Å²) in [6.45, 7) is 13.4. The van der Waals surface area contributed by atoms with Crippen molar-refractivity contribution in [3.05, 3.63) is 53.3 Å². The second-order valence-corrected chi connectivity index (χ2v) is 7.07. The Morgan fingerprint density at radius 2 is 1.75 bits per heavy atom. The second-order valence-electron chi connectivity index (χ2n) is 7.07. The van der Waals surface area contributed by atoms with Crippen molar-refractivity contribution < 1.29 is 0 Å². The van der Waals surface area contributed by atoms with Crippen LogP contribution in [0, 0.1) is 13.8 Å². The quantitative estimate of drug-likeness (QED) is 0.816. The van der Waals surface area contributed by atoms with Crippen LogP contribution in [-0.2, 0) is 13.0 Å². The minimum Gasteiger partial charge on any atom is -0.300 e. The molecule has 0 aliphatic carbocycles. The first-order valence-corrected chi connectivity index (χ1v) is 9.13. The molecular formula is C20H30N4. The molecule has 1 aliphatic rings. The van der Waals surface area contributed by atoms with Gasteiger partial charge >= 0.3 is 0 Å². The van der Waals surface area contributed by atoms with Crippen LogP contribution in [0.15, 0.2) is 36.4 Å². The molecule has 24 heavy (non-hydrogen) atoms. The minimum absolute atomic E-state index is 0.541. The fraction of sp³-hybridized carbons (Fsp3) is 0.550. The third-order valence-electron chi connectivity index (χ3n) is 5.13. The number of hydrogen-bond acceptors (Lipinski definition) is 3. The van der Waals surface area contributed by atoms with Gasteiger partial charge in [-0.05, 0) is 38.8 Å². The highest BCUT2D eigenvalue weighted by Gasteiger charge is 2.21. The van der Waals surface area contributed by atoms with Crippen LogP contribution in [0.3, 0.4) is 0 Å². The molecule has 1 atom stereocenters. The summed E-state index contributed by atoms with van der Waals surface area (Å²) < 4.78 is 2.15. The number of nitrogens with zero attached hydrogens (tertiary/aromatic N) is 4. The van der Waals surface area contributed by atoms with E-state index in [0.717, 1.165) is 31.7 Å². The lowest BCUT2D eigenvalue weighted by Gasteiger charge is -2.38. The Morgan fingerprint density at radius 3 is 2.38 bits per heavy atom. The van der Waals surface area contributed by atoms with Gasteiger partial charge in [-0.2, -0.15) is 5.10 Å². The van der Waals surface area contributed by atoms with E-state index in [0.29, 0.717) is 6.04 Å². The normalized spacial score (nSPS) is 18.0. The van der Waals surface area contributed by atoms with Gasteiger partial charge in [0.05, 0.1) is 12.2 Å². The van der Waals surface area contributed by atoms with E-state index in [9.17, 15) is 0 Å². The molecule has 4 heteroatoms. The fourth-order valence-electron chi connectivity index (χ4n) is 3.59. The average molecular weight is 326 g/mol. The average Bonchev–Trinajstić information content (AvgIpc) is 2.91. The molecule has 4 nitrogen and oxygen atoms in total. The molecule has 130 valence electrons. The zero-order chi connectivity index (χ0) is 16.9. The number of hydrogen-bond donors (Lipinski definition) is 0. The first kappa shape index (κ1) is 17.2. The van der Waals surface area contributed by atoms with Gasteiger partial charge in [0.15, 0.2) is 0 Å². The molecule has 0 radical (unpaired) electrons. The molecule has 0 saturated carbocycles. The lowest BCUT2D eigenvalue weighted by molar-refractivity contribution is 0.0942. The SMILES string of the molecule is Cc1cc(C)n(CC(C)N2CCN(CCc3ccccc3)CC2)n1. The zero-order valence-electron chi connectivity index (χ0n) is 15.3. The van der Waals surface area contributed by atoms with Crippen LogP contribution in [0.1, 0.15) is 23.9 Å². The van der Waals surface area contributed by atoms with Crippen molar-refractivity contribution in [2.24, 2.45) is 0 Å². The van der Waals surface area contributed by atoms with E-state index in [4.69, 9.17) is 0 Å². The van der Waals surface area contributed by atoms with Gasteiger partial charge in [0, 0.05) is 44.5 Å². The van der Waals surface area contributed by atoms with Crippen LogP contribution in [0.5, 0.6) is 0 Å². The predicted molar refractivity (Wildman–Crippen MR) is 99.3 cm³/mol. The van der Waals surface area contributed by atoms with Crippen LogP contribution in [0.25, 0.3) is 0 Å². The van der Waals surface area contributed by atoms with Crippen molar-refractivity contribution >= 4 is 0 Å². The number of aromatic nitrogens is 2. The Kier molecular flexibility index (Phi) is 5.69. The first-order valence-electron chi connectivity index (χ1n) is 9.13. The number of benzene rings is 1. The van der Waals surface area contributed by atoms with Crippen LogP contribution >= 0.6 is 0 Å². The van der Waals surface area contributed by atoms with Crippen LogP contribution in [0.2, 0.25) is 0 Å². The molecule has 1 aromatic heterocycles. The maximum atomic E-state index is 4.60.